The van der Waals surface area contributed by atoms with Gasteiger partial charge in [0.2, 0.25) is 0 Å². The summed E-state index contributed by atoms with van der Waals surface area (Å²) in [6, 6.07) is 0.264. The Labute approximate surface area is 115 Å². The van der Waals surface area contributed by atoms with E-state index in [4.69, 9.17) is 15.6 Å². The maximum absolute atomic E-state index is 11.7. The van der Waals surface area contributed by atoms with Crippen LogP contribution in [0, 0.1) is 5.92 Å². The summed E-state index contributed by atoms with van der Waals surface area (Å²) in [5, 5.41) is 11.8. The summed E-state index contributed by atoms with van der Waals surface area (Å²) in [6.45, 7) is 5.73. The molecular formula is C14H28N2O3. The van der Waals surface area contributed by atoms with Crippen LogP contribution in [0.4, 0.5) is 4.79 Å². The summed E-state index contributed by atoms with van der Waals surface area (Å²) in [5.74, 6) is 0.462. The van der Waals surface area contributed by atoms with Crippen LogP contribution in [0.3, 0.4) is 0 Å². The van der Waals surface area contributed by atoms with E-state index in [1.54, 1.807) is 0 Å². The van der Waals surface area contributed by atoms with Gasteiger partial charge in [-0.1, -0.05) is 0 Å². The van der Waals surface area contributed by atoms with Crippen LogP contribution in [0.2, 0.25) is 0 Å². The van der Waals surface area contributed by atoms with Gasteiger partial charge in [0.1, 0.15) is 5.60 Å². The predicted octanol–water partition coefficient (Wildman–Crippen LogP) is 1.78. The van der Waals surface area contributed by atoms with E-state index < -0.39 is 5.60 Å². The first-order valence-electron chi connectivity index (χ1n) is 7.18. The Morgan fingerprint density at radius 1 is 1.37 bits per heavy atom. The highest BCUT2D eigenvalue weighted by molar-refractivity contribution is 5.68. The second kappa shape index (κ2) is 7.10. The van der Waals surface area contributed by atoms with Crippen molar-refractivity contribution in [2.24, 2.45) is 11.7 Å². The lowest BCUT2D eigenvalue weighted by atomic mass is 9.81. The third-order valence-corrected chi connectivity index (χ3v) is 3.56. The predicted molar refractivity (Wildman–Crippen MR) is 74.8 cm³/mol. The van der Waals surface area contributed by atoms with Crippen molar-refractivity contribution in [2.45, 2.75) is 70.6 Å². The van der Waals surface area contributed by atoms with Crippen molar-refractivity contribution in [1.82, 2.24) is 5.32 Å². The summed E-state index contributed by atoms with van der Waals surface area (Å²) in [4.78, 5) is 11.7. The molecule has 1 unspecified atom stereocenters. The minimum atomic E-state index is -0.454. The quantitative estimate of drug-likeness (QED) is 0.728. The van der Waals surface area contributed by atoms with Crippen molar-refractivity contribution in [3.05, 3.63) is 0 Å². The number of carbonyl (C=O) groups excluding carboxylic acids is 1. The molecule has 5 heteroatoms. The Kier molecular flexibility index (Phi) is 6.07. The second-order valence-electron chi connectivity index (χ2n) is 6.43. The molecule has 1 aliphatic carbocycles. The fourth-order valence-electron chi connectivity index (χ4n) is 2.55. The van der Waals surface area contributed by atoms with E-state index in [1.165, 1.54) is 0 Å². The third-order valence-electron chi connectivity index (χ3n) is 3.56. The van der Waals surface area contributed by atoms with E-state index in [9.17, 15) is 4.79 Å². The molecule has 4 N–H and O–H groups in total. The van der Waals surface area contributed by atoms with Crippen LogP contribution < -0.4 is 11.1 Å². The largest absolute Gasteiger partial charge is 0.444 e. The van der Waals surface area contributed by atoms with Gasteiger partial charge in [0.15, 0.2) is 0 Å². The molecule has 1 aliphatic rings. The van der Waals surface area contributed by atoms with Crippen LogP contribution in [0.15, 0.2) is 0 Å². The molecule has 0 aliphatic heterocycles. The minimum absolute atomic E-state index is 0.0764. The standard InChI is InChI=1S/C14H28N2O3/c1-14(2,3)19-13(18)16-11-6-4-10(5-7-11)12(15)8-9-17/h10-12,17H,4-9,15H2,1-3H3,(H,16,18). The monoisotopic (exact) mass is 272 g/mol. The lowest BCUT2D eigenvalue weighted by Gasteiger charge is -2.32. The van der Waals surface area contributed by atoms with Crippen molar-refractivity contribution in [3.8, 4) is 0 Å². The van der Waals surface area contributed by atoms with Gasteiger partial charge < -0.3 is 20.9 Å². The molecule has 0 spiro atoms. The fourth-order valence-corrected chi connectivity index (χ4v) is 2.55. The van der Waals surface area contributed by atoms with Crippen LogP contribution in [0.5, 0.6) is 0 Å². The first kappa shape index (κ1) is 16.2. The number of aliphatic hydroxyl groups excluding tert-OH is 1. The number of nitrogens with one attached hydrogen (secondary N) is 1. The summed E-state index contributed by atoms with van der Waals surface area (Å²) in [5.41, 5.74) is 5.56. The molecule has 0 heterocycles. The molecule has 1 fully saturated rings. The van der Waals surface area contributed by atoms with E-state index in [0.717, 1.165) is 25.7 Å². The Hall–Kier alpha value is -0.810. The van der Waals surface area contributed by atoms with Gasteiger partial charge in [-0.15, -0.1) is 0 Å². The first-order chi connectivity index (χ1) is 8.81. The molecule has 0 bridgehead atoms. The van der Waals surface area contributed by atoms with Crippen molar-refractivity contribution < 1.29 is 14.6 Å². The molecule has 5 nitrogen and oxygen atoms in total. The van der Waals surface area contributed by atoms with Crippen molar-refractivity contribution in [2.75, 3.05) is 6.61 Å². The average molecular weight is 272 g/mol. The molecular weight excluding hydrogens is 244 g/mol. The zero-order valence-corrected chi connectivity index (χ0v) is 12.3. The number of hydrogen-bond acceptors (Lipinski definition) is 4. The summed E-state index contributed by atoms with van der Waals surface area (Å²) in [7, 11) is 0. The molecule has 0 aromatic carbocycles. The highest BCUT2D eigenvalue weighted by atomic mass is 16.6. The van der Waals surface area contributed by atoms with E-state index >= 15 is 0 Å². The Bertz CT molecular complexity index is 281. The molecule has 1 saturated carbocycles. The first-order valence-corrected chi connectivity index (χ1v) is 7.18. The molecule has 0 aromatic heterocycles. The van der Waals surface area contributed by atoms with Crippen LogP contribution in [0.1, 0.15) is 52.9 Å². The summed E-state index contributed by atoms with van der Waals surface area (Å²) < 4.78 is 5.25. The van der Waals surface area contributed by atoms with E-state index in [-0.39, 0.29) is 24.8 Å². The molecule has 0 saturated heterocycles. The number of amides is 1. The maximum Gasteiger partial charge on any atom is 0.407 e. The molecule has 0 radical (unpaired) electrons. The maximum atomic E-state index is 11.7. The average Bonchev–Trinajstić information content (AvgIpc) is 2.27. The minimum Gasteiger partial charge on any atom is -0.444 e. The van der Waals surface area contributed by atoms with Gasteiger partial charge in [-0.25, -0.2) is 4.79 Å². The SMILES string of the molecule is CC(C)(C)OC(=O)NC1CCC(C(N)CCO)CC1. The Balaban J connectivity index is 2.28. The molecule has 112 valence electrons. The van der Waals surface area contributed by atoms with Gasteiger partial charge in [-0.3, -0.25) is 0 Å². The third kappa shape index (κ3) is 6.25. The number of aliphatic hydroxyl groups is 1. The number of ether oxygens (including phenoxy) is 1. The smallest absolute Gasteiger partial charge is 0.407 e. The zero-order chi connectivity index (χ0) is 14.5. The van der Waals surface area contributed by atoms with Gasteiger partial charge in [-0.2, -0.15) is 0 Å². The lowest BCUT2D eigenvalue weighted by molar-refractivity contribution is 0.0485. The van der Waals surface area contributed by atoms with E-state index in [1.807, 2.05) is 20.8 Å². The summed E-state index contributed by atoms with van der Waals surface area (Å²) in [6.07, 6.45) is 4.19. The molecule has 0 aromatic rings. The lowest BCUT2D eigenvalue weighted by Crippen LogP contribution is -2.43. The normalized spacial score (nSPS) is 25.7. The molecule has 19 heavy (non-hydrogen) atoms. The second-order valence-corrected chi connectivity index (χ2v) is 6.43. The molecule has 1 rings (SSSR count). The number of alkyl carbamates (subject to hydrolysis) is 1. The summed E-state index contributed by atoms with van der Waals surface area (Å²) >= 11 is 0. The van der Waals surface area contributed by atoms with Crippen molar-refractivity contribution >= 4 is 6.09 Å². The van der Waals surface area contributed by atoms with Gasteiger partial charge in [-0.05, 0) is 58.8 Å². The van der Waals surface area contributed by atoms with E-state index in [2.05, 4.69) is 5.32 Å². The van der Waals surface area contributed by atoms with Crippen molar-refractivity contribution in [1.29, 1.82) is 0 Å². The number of rotatable bonds is 4. The fraction of sp³-hybridized carbons (Fsp3) is 0.929. The highest BCUT2D eigenvalue weighted by Gasteiger charge is 2.27. The van der Waals surface area contributed by atoms with Crippen LogP contribution in [0.25, 0.3) is 0 Å². The van der Waals surface area contributed by atoms with Crippen LogP contribution in [-0.4, -0.2) is 35.5 Å². The van der Waals surface area contributed by atoms with Gasteiger partial charge >= 0.3 is 6.09 Å². The number of hydrogen-bond donors (Lipinski definition) is 3. The van der Waals surface area contributed by atoms with Gasteiger partial charge in [0.25, 0.3) is 0 Å². The Morgan fingerprint density at radius 2 is 1.95 bits per heavy atom. The molecule has 1 atom stereocenters. The zero-order valence-electron chi connectivity index (χ0n) is 12.3. The Morgan fingerprint density at radius 3 is 2.42 bits per heavy atom. The number of nitrogens with two attached hydrogens (primary N) is 1. The van der Waals surface area contributed by atoms with Crippen LogP contribution in [-0.2, 0) is 4.74 Å². The van der Waals surface area contributed by atoms with Gasteiger partial charge in [0.05, 0.1) is 0 Å². The number of carbonyl (C=O) groups is 1. The highest BCUT2D eigenvalue weighted by Crippen LogP contribution is 2.27. The van der Waals surface area contributed by atoms with E-state index in [0.29, 0.717) is 12.3 Å². The topological polar surface area (TPSA) is 84.6 Å². The molecule has 1 amide bonds. The van der Waals surface area contributed by atoms with Crippen molar-refractivity contribution in [3.63, 3.8) is 0 Å². The van der Waals surface area contributed by atoms with Crippen LogP contribution >= 0.6 is 0 Å². The van der Waals surface area contributed by atoms with Gasteiger partial charge in [0, 0.05) is 18.7 Å².